The summed E-state index contributed by atoms with van der Waals surface area (Å²) in [4.78, 5) is 4.84. The highest BCUT2D eigenvalue weighted by Crippen LogP contribution is 2.29. The first-order valence-corrected chi connectivity index (χ1v) is 8.28. The van der Waals surface area contributed by atoms with Crippen LogP contribution in [0.15, 0.2) is 85.1 Å². The quantitative estimate of drug-likeness (QED) is 0.468. The van der Waals surface area contributed by atoms with Gasteiger partial charge in [0.15, 0.2) is 0 Å². The van der Waals surface area contributed by atoms with Crippen molar-refractivity contribution in [3.8, 4) is 0 Å². The number of hydrogen-bond acceptors (Lipinski definition) is 2. The van der Waals surface area contributed by atoms with Gasteiger partial charge >= 0.3 is 0 Å². The molecule has 0 saturated heterocycles. The molecule has 0 aromatic heterocycles. The second-order valence-electron chi connectivity index (χ2n) is 5.82. The van der Waals surface area contributed by atoms with Gasteiger partial charge in [0.05, 0.1) is 0 Å². The van der Waals surface area contributed by atoms with E-state index >= 15 is 0 Å². The lowest BCUT2D eigenvalue weighted by Crippen LogP contribution is -2.22. The highest BCUT2D eigenvalue weighted by atomic mass is 32.1. The van der Waals surface area contributed by atoms with Crippen LogP contribution in [-0.2, 0) is 0 Å². The van der Waals surface area contributed by atoms with Gasteiger partial charge < -0.3 is 9.80 Å². The Hall–Kier alpha value is -2.65. The van der Waals surface area contributed by atoms with Crippen molar-refractivity contribution in [1.29, 1.82) is 0 Å². The van der Waals surface area contributed by atoms with Crippen LogP contribution < -0.4 is 4.90 Å². The molecule has 0 unspecified atom stereocenters. The molecule has 0 heterocycles. The van der Waals surface area contributed by atoms with Gasteiger partial charge in [-0.3, -0.25) is 0 Å². The van der Waals surface area contributed by atoms with Crippen LogP contribution in [0.4, 0.5) is 11.4 Å². The number of nitrogens with zero attached hydrogens (tertiary/aromatic N) is 2. The minimum absolute atomic E-state index is 0.755. The van der Waals surface area contributed by atoms with Crippen molar-refractivity contribution in [3.05, 3.63) is 85.1 Å². The van der Waals surface area contributed by atoms with Crippen molar-refractivity contribution < 1.29 is 0 Å². The van der Waals surface area contributed by atoms with Gasteiger partial charge in [-0.2, -0.15) is 0 Å². The van der Waals surface area contributed by atoms with Crippen LogP contribution >= 0.6 is 12.2 Å². The molecule has 0 aliphatic rings. The molecule has 0 amide bonds. The van der Waals surface area contributed by atoms with E-state index in [0.29, 0.717) is 0 Å². The summed E-state index contributed by atoms with van der Waals surface area (Å²) in [6.45, 7) is 0. The predicted molar refractivity (Wildman–Crippen MR) is 108 cm³/mol. The molecule has 3 heteroatoms. The zero-order valence-electron chi connectivity index (χ0n) is 13.9. The maximum atomic E-state index is 5.69. The topological polar surface area (TPSA) is 6.48 Å². The van der Waals surface area contributed by atoms with E-state index in [1.807, 2.05) is 49.5 Å². The maximum absolute atomic E-state index is 5.69. The first kappa shape index (κ1) is 16.2. The first-order valence-electron chi connectivity index (χ1n) is 7.88. The van der Waals surface area contributed by atoms with Crippen LogP contribution in [0.2, 0.25) is 0 Å². The van der Waals surface area contributed by atoms with Gasteiger partial charge in [-0.05, 0) is 41.1 Å². The van der Waals surface area contributed by atoms with E-state index in [-0.39, 0.29) is 0 Å². The van der Waals surface area contributed by atoms with Crippen LogP contribution in [0.25, 0.3) is 10.8 Å². The highest BCUT2D eigenvalue weighted by Gasteiger charge is 2.13. The molecule has 0 N–H and O–H groups in total. The molecule has 0 atom stereocenters. The summed E-state index contributed by atoms with van der Waals surface area (Å²) in [7, 11) is 3.98. The third-order valence-electron chi connectivity index (χ3n) is 3.74. The number of hydrogen-bond donors (Lipinski definition) is 0. The van der Waals surface area contributed by atoms with Crippen molar-refractivity contribution in [1.82, 2.24) is 4.90 Å². The molecule has 3 rings (SSSR count). The number of para-hydroxylation sites is 1. The molecule has 2 nitrogen and oxygen atoms in total. The van der Waals surface area contributed by atoms with Crippen molar-refractivity contribution >= 4 is 39.4 Å². The summed E-state index contributed by atoms with van der Waals surface area (Å²) < 4.78 is 0. The number of fused-ring (bicyclic) bond motifs is 1. The lowest BCUT2D eigenvalue weighted by Gasteiger charge is -2.24. The molecule has 3 aromatic rings. The minimum atomic E-state index is 0.755. The Kier molecular flexibility index (Phi) is 4.92. The first-order chi connectivity index (χ1) is 11.6. The summed E-state index contributed by atoms with van der Waals surface area (Å²) in [5, 5.41) is 2.43. The van der Waals surface area contributed by atoms with Crippen LogP contribution in [0.1, 0.15) is 0 Å². The molecule has 0 aliphatic carbocycles. The lowest BCUT2D eigenvalue weighted by molar-refractivity contribution is 0.564. The van der Waals surface area contributed by atoms with Crippen molar-refractivity contribution in [2.24, 2.45) is 0 Å². The minimum Gasteiger partial charge on any atom is -0.383 e. The van der Waals surface area contributed by atoms with Gasteiger partial charge in [0.2, 0.25) is 0 Å². The van der Waals surface area contributed by atoms with E-state index in [4.69, 9.17) is 12.2 Å². The van der Waals surface area contributed by atoms with Gasteiger partial charge in [-0.1, -0.05) is 60.7 Å². The third-order valence-corrected chi connectivity index (χ3v) is 4.06. The average Bonchev–Trinajstić information content (AvgIpc) is 2.61. The van der Waals surface area contributed by atoms with Gasteiger partial charge in [-0.25, -0.2) is 0 Å². The second kappa shape index (κ2) is 7.28. The molecule has 0 spiro atoms. The summed E-state index contributed by atoms with van der Waals surface area (Å²) in [5.41, 5.74) is 2.12. The number of benzene rings is 3. The molecule has 0 fully saturated rings. The molecule has 120 valence electrons. The fraction of sp³-hybridized carbons (Fsp3) is 0.0952. The fourth-order valence-electron chi connectivity index (χ4n) is 2.58. The van der Waals surface area contributed by atoms with Gasteiger partial charge in [-0.15, -0.1) is 0 Å². The Morgan fingerprint density at radius 2 is 1.46 bits per heavy atom. The zero-order valence-corrected chi connectivity index (χ0v) is 14.7. The third kappa shape index (κ3) is 3.63. The normalized spacial score (nSPS) is 10.9. The number of anilines is 2. The molecular formula is C21H20N2S. The fourth-order valence-corrected chi connectivity index (χ4v) is 2.86. The molecule has 0 radical (unpaired) electrons. The van der Waals surface area contributed by atoms with Crippen molar-refractivity contribution in [3.63, 3.8) is 0 Å². The van der Waals surface area contributed by atoms with Gasteiger partial charge in [0.25, 0.3) is 0 Å². The summed E-state index contributed by atoms with van der Waals surface area (Å²) >= 11 is 5.69. The summed E-state index contributed by atoms with van der Waals surface area (Å²) in [5.74, 6) is 0. The monoisotopic (exact) mass is 332 g/mol. The van der Waals surface area contributed by atoms with E-state index in [0.717, 1.165) is 16.4 Å². The van der Waals surface area contributed by atoms with Crippen LogP contribution in [0, 0.1) is 0 Å². The molecular weight excluding hydrogens is 312 g/mol. The van der Waals surface area contributed by atoms with Crippen LogP contribution in [-0.4, -0.2) is 24.0 Å². The van der Waals surface area contributed by atoms with Gasteiger partial charge in [0.1, 0.15) is 4.99 Å². The second-order valence-corrected chi connectivity index (χ2v) is 6.24. The van der Waals surface area contributed by atoms with E-state index in [1.165, 1.54) is 10.8 Å². The average molecular weight is 332 g/mol. The van der Waals surface area contributed by atoms with E-state index in [9.17, 15) is 0 Å². The van der Waals surface area contributed by atoms with Crippen LogP contribution in [0.3, 0.4) is 0 Å². The van der Waals surface area contributed by atoms with E-state index in [1.54, 1.807) is 0 Å². The molecule has 24 heavy (non-hydrogen) atoms. The van der Waals surface area contributed by atoms with Crippen molar-refractivity contribution in [2.45, 2.75) is 0 Å². The van der Waals surface area contributed by atoms with E-state index < -0.39 is 0 Å². The lowest BCUT2D eigenvalue weighted by atomic mass is 10.1. The Bertz CT molecular complexity index is 869. The SMILES string of the molecule is CN(C)/C=C/C(=S)N(c1ccccc1)c1ccc2ccccc2c1. The molecule has 0 aliphatic heterocycles. The van der Waals surface area contributed by atoms with Crippen LogP contribution in [0.5, 0.6) is 0 Å². The maximum Gasteiger partial charge on any atom is 0.112 e. The highest BCUT2D eigenvalue weighted by molar-refractivity contribution is 7.81. The Morgan fingerprint density at radius 3 is 2.17 bits per heavy atom. The smallest absolute Gasteiger partial charge is 0.112 e. The van der Waals surface area contributed by atoms with Crippen molar-refractivity contribution in [2.75, 3.05) is 19.0 Å². The number of thiocarbonyl (C=S) groups is 1. The standard InChI is InChI=1S/C21H20N2S/c1-22(2)15-14-21(24)23(19-10-4-3-5-11-19)20-13-12-17-8-6-7-9-18(17)16-20/h3-16H,1-2H3/b15-14+. The summed E-state index contributed by atoms with van der Waals surface area (Å²) in [6, 6.07) is 25.0. The largest absolute Gasteiger partial charge is 0.383 e. The summed E-state index contributed by atoms with van der Waals surface area (Å²) in [6.07, 6.45) is 3.93. The molecule has 0 saturated carbocycles. The Balaban J connectivity index is 2.07. The Morgan fingerprint density at radius 1 is 0.792 bits per heavy atom. The Labute approximate surface area is 148 Å². The zero-order chi connectivity index (χ0) is 16.9. The number of rotatable bonds is 4. The van der Waals surface area contributed by atoms with Gasteiger partial charge in [0, 0.05) is 31.7 Å². The van der Waals surface area contributed by atoms with E-state index in [2.05, 4.69) is 59.5 Å². The predicted octanol–water partition coefficient (Wildman–Crippen LogP) is 5.38. The molecule has 0 bridgehead atoms. The molecule has 3 aromatic carbocycles.